The molecule has 0 aliphatic carbocycles. The van der Waals surface area contributed by atoms with Crippen LogP contribution in [0.1, 0.15) is 18.1 Å². The first kappa shape index (κ1) is 11.2. The van der Waals surface area contributed by atoms with Crippen LogP contribution >= 0.6 is 15.9 Å². The Morgan fingerprint density at radius 2 is 2.21 bits per heavy atom. The van der Waals surface area contributed by atoms with Crippen molar-refractivity contribution in [1.29, 1.82) is 0 Å². The largest absolute Gasteiger partial charge is 0.461 e. The summed E-state index contributed by atoms with van der Waals surface area (Å²) in [6.45, 7) is 3.06. The van der Waals surface area contributed by atoms with Gasteiger partial charge in [0.25, 0.3) is 0 Å². The van der Waals surface area contributed by atoms with Crippen LogP contribution in [0.25, 0.3) is 0 Å². The average molecular weight is 261 g/mol. The minimum absolute atomic E-state index is 0.0277. The predicted octanol–water partition coefficient (Wildman–Crippen LogP) is 2.96. The topological polar surface area (TPSA) is 26.3 Å². The molecule has 0 atom stereocenters. The van der Waals surface area contributed by atoms with Crippen LogP contribution in [-0.2, 0) is 16.1 Å². The summed E-state index contributed by atoms with van der Waals surface area (Å²) in [5, 5.41) is 0. The number of esters is 1. The van der Waals surface area contributed by atoms with Gasteiger partial charge in [0.1, 0.15) is 12.4 Å². The quantitative estimate of drug-likeness (QED) is 0.765. The Morgan fingerprint density at radius 3 is 2.79 bits per heavy atom. The van der Waals surface area contributed by atoms with Crippen LogP contribution in [0.2, 0.25) is 0 Å². The van der Waals surface area contributed by atoms with Gasteiger partial charge in [-0.2, -0.15) is 0 Å². The van der Waals surface area contributed by atoms with E-state index in [1.165, 1.54) is 13.0 Å². The van der Waals surface area contributed by atoms with Crippen molar-refractivity contribution in [3.05, 3.63) is 33.5 Å². The van der Waals surface area contributed by atoms with Crippen LogP contribution < -0.4 is 0 Å². The normalized spacial score (nSPS) is 10.0. The lowest BCUT2D eigenvalue weighted by Gasteiger charge is -2.06. The zero-order valence-corrected chi connectivity index (χ0v) is 9.52. The van der Waals surface area contributed by atoms with Crippen LogP contribution in [0.5, 0.6) is 0 Å². The minimum atomic E-state index is -0.416. The number of carbonyl (C=O) groups is 1. The molecule has 0 saturated heterocycles. The maximum absolute atomic E-state index is 13.3. The van der Waals surface area contributed by atoms with Gasteiger partial charge in [-0.15, -0.1) is 0 Å². The number of benzene rings is 1. The molecule has 0 aliphatic heterocycles. The Balaban J connectivity index is 2.87. The first-order valence-electron chi connectivity index (χ1n) is 4.08. The number of aryl methyl sites for hydroxylation is 1. The molecule has 0 spiro atoms. The second kappa shape index (κ2) is 4.55. The molecule has 76 valence electrons. The summed E-state index contributed by atoms with van der Waals surface area (Å²) in [6.07, 6.45) is 0. The van der Waals surface area contributed by atoms with E-state index in [1.54, 1.807) is 13.0 Å². The predicted molar refractivity (Wildman–Crippen MR) is 54.3 cm³/mol. The highest BCUT2D eigenvalue weighted by Gasteiger charge is 2.06. The second-order valence-electron chi connectivity index (χ2n) is 2.97. The summed E-state index contributed by atoms with van der Waals surface area (Å²) >= 11 is 3.28. The number of hydrogen-bond donors (Lipinski definition) is 0. The molecule has 14 heavy (non-hydrogen) atoms. The van der Waals surface area contributed by atoms with E-state index in [0.29, 0.717) is 5.56 Å². The Labute approximate surface area is 90.2 Å². The molecular formula is C10H10BrFO2. The van der Waals surface area contributed by atoms with Gasteiger partial charge in [0.05, 0.1) is 0 Å². The van der Waals surface area contributed by atoms with E-state index in [9.17, 15) is 9.18 Å². The van der Waals surface area contributed by atoms with Gasteiger partial charge in [0, 0.05) is 17.0 Å². The molecule has 1 rings (SSSR count). The van der Waals surface area contributed by atoms with Crippen LogP contribution in [0.4, 0.5) is 4.39 Å². The van der Waals surface area contributed by atoms with E-state index in [2.05, 4.69) is 15.9 Å². The molecule has 0 radical (unpaired) electrons. The summed E-state index contributed by atoms with van der Waals surface area (Å²) in [5.41, 5.74) is 1.19. The lowest BCUT2D eigenvalue weighted by Crippen LogP contribution is -2.01. The molecule has 2 nitrogen and oxygen atoms in total. The smallest absolute Gasteiger partial charge is 0.302 e. The molecule has 0 heterocycles. The minimum Gasteiger partial charge on any atom is -0.461 e. The first-order valence-corrected chi connectivity index (χ1v) is 4.88. The fourth-order valence-electron chi connectivity index (χ4n) is 0.977. The van der Waals surface area contributed by atoms with Crippen molar-refractivity contribution in [3.63, 3.8) is 0 Å². The molecule has 0 N–H and O–H groups in total. The molecule has 1 aromatic carbocycles. The summed E-state index contributed by atoms with van der Waals surface area (Å²) in [4.78, 5) is 10.5. The van der Waals surface area contributed by atoms with Crippen molar-refractivity contribution < 1.29 is 13.9 Å². The molecular weight excluding hydrogens is 251 g/mol. The van der Waals surface area contributed by atoms with Crippen LogP contribution in [-0.4, -0.2) is 5.97 Å². The zero-order chi connectivity index (χ0) is 10.7. The lowest BCUT2D eigenvalue weighted by atomic mass is 10.1. The summed E-state index contributed by atoms with van der Waals surface area (Å²) in [6, 6.07) is 3.02. The molecule has 0 fully saturated rings. The van der Waals surface area contributed by atoms with Gasteiger partial charge in [-0.3, -0.25) is 4.79 Å². The third kappa shape index (κ3) is 2.80. The number of carbonyl (C=O) groups excluding carboxylic acids is 1. The molecule has 1 aromatic rings. The third-order valence-corrected chi connectivity index (χ3v) is 2.61. The van der Waals surface area contributed by atoms with E-state index in [-0.39, 0.29) is 12.4 Å². The Hall–Kier alpha value is -0.900. The van der Waals surface area contributed by atoms with E-state index >= 15 is 0 Å². The van der Waals surface area contributed by atoms with Gasteiger partial charge >= 0.3 is 5.97 Å². The fraction of sp³-hybridized carbons (Fsp3) is 0.300. The highest BCUT2D eigenvalue weighted by molar-refractivity contribution is 9.10. The number of hydrogen-bond acceptors (Lipinski definition) is 2. The molecule has 0 unspecified atom stereocenters. The van der Waals surface area contributed by atoms with Crippen LogP contribution in [0.15, 0.2) is 16.6 Å². The number of rotatable bonds is 2. The SMILES string of the molecule is CC(=O)OCc1cc(Br)c(C)cc1F. The van der Waals surface area contributed by atoms with Crippen LogP contribution in [0, 0.1) is 12.7 Å². The summed E-state index contributed by atoms with van der Waals surface area (Å²) in [7, 11) is 0. The van der Waals surface area contributed by atoms with Gasteiger partial charge in [-0.1, -0.05) is 15.9 Å². The average Bonchev–Trinajstić information content (AvgIpc) is 2.09. The van der Waals surface area contributed by atoms with Gasteiger partial charge in [-0.25, -0.2) is 4.39 Å². The van der Waals surface area contributed by atoms with Gasteiger partial charge in [0.2, 0.25) is 0 Å². The lowest BCUT2D eigenvalue weighted by molar-refractivity contribution is -0.142. The maximum Gasteiger partial charge on any atom is 0.302 e. The van der Waals surface area contributed by atoms with E-state index < -0.39 is 5.97 Å². The highest BCUT2D eigenvalue weighted by atomic mass is 79.9. The molecule has 0 amide bonds. The maximum atomic E-state index is 13.3. The molecule has 0 aliphatic rings. The summed E-state index contributed by atoms with van der Waals surface area (Å²) in [5.74, 6) is -0.770. The van der Waals surface area contributed by atoms with E-state index in [1.807, 2.05) is 0 Å². The van der Waals surface area contributed by atoms with Crippen molar-refractivity contribution in [3.8, 4) is 0 Å². The van der Waals surface area contributed by atoms with Crippen molar-refractivity contribution >= 4 is 21.9 Å². The van der Waals surface area contributed by atoms with Gasteiger partial charge in [-0.05, 0) is 24.6 Å². The molecule has 4 heteroatoms. The van der Waals surface area contributed by atoms with E-state index in [0.717, 1.165) is 10.0 Å². The Morgan fingerprint density at radius 1 is 1.57 bits per heavy atom. The van der Waals surface area contributed by atoms with Crippen molar-refractivity contribution in [2.75, 3.05) is 0 Å². The number of ether oxygens (including phenoxy) is 1. The Kier molecular flexibility index (Phi) is 3.63. The van der Waals surface area contributed by atoms with Crippen LogP contribution in [0.3, 0.4) is 0 Å². The highest BCUT2D eigenvalue weighted by Crippen LogP contribution is 2.21. The molecule has 0 aromatic heterocycles. The van der Waals surface area contributed by atoms with Gasteiger partial charge in [0.15, 0.2) is 0 Å². The first-order chi connectivity index (χ1) is 6.50. The standard InChI is InChI=1S/C10H10BrFO2/c1-6-3-10(12)8(4-9(6)11)5-14-7(2)13/h3-4H,5H2,1-2H3. The number of halogens is 2. The van der Waals surface area contributed by atoms with Crippen molar-refractivity contribution in [1.82, 2.24) is 0 Å². The molecule has 0 saturated carbocycles. The van der Waals surface area contributed by atoms with E-state index in [4.69, 9.17) is 4.74 Å². The van der Waals surface area contributed by atoms with Crippen molar-refractivity contribution in [2.45, 2.75) is 20.5 Å². The monoisotopic (exact) mass is 260 g/mol. The summed E-state index contributed by atoms with van der Waals surface area (Å²) < 4.78 is 18.8. The van der Waals surface area contributed by atoms with Crippen molar-refractivity contribution in [2.24, 2.45) is 0 Å². The molecule has 0 bridgehead atoms. The Bertz CT molecular complexity index is 363. The van der Waals surface area contributed by atoms with Gasteiger partial charge < -0.3 is 4.74 Å². The second-order valence-corrected chi connectivity index (χ2v) is 3.83. The third-order valence-electron chi connectivity index (χ3n) is 1.76. The fourth-order valence-corrected chi connectivity index (χ4v) is 1.37. The zero-order valence-electron chi connectivity index (χ0n) is 7.93.